The Bertz CT molecular complexity index is 483. The van der Waals surface area contributed by atoms with Crippen LogP contribution in [0.3, 0.4) is 0 Å². The number of hydrogen-bond donors (Lipinski definition) is 0. The zero-order valence-electron chi connectivity index (χ0n) is 11.8. The lowest BCUT2D eigenvalue weighted by Crippen LogP contribution is -2.45. The summed E-state index contributed by atoms with van der Waals surface area (Å²) in [4.78, 5) is 14.6. The molecule has 2 saturated heterocycles. The van der Waals surface area contributed by atoms with E-state index in [4.69, 9.17) is 0 Å². The molecule has 2 fully saturated rings. The Balaban J connectivity index is 1.51. The Morgan fingerprint density at radius 3 is 2.50 bits per heavy atom. The fraction of sp³-hybridized carbons (Fsp3) is 0.471. The third-order valence-corrected chi connectivity index (χ3v) is 5.28. The summed E-state index contributed by atoms with van der Waals surface area (Å²) < 4.78 is 0. The Morgan fingerprint density at radius 2 is 1.85 bits per heavy atom. The lowest BCUT2D eigenvalue weighted by Gasteiger charge is -2.36. The number of nitrogens with zero attached hydrogens (tertiary/aromatic N) is 1. The van der Waals surface area contributed by atoms with E-state index in [-0.39, 0.29) is 0 Å². The maximum atomic E-state index is 12.4. The van der Waals surface area contributed by atoms with Gasteiger partial charge in [0, 0.05) is 17.8 Å². The molecule has 106 valence electrons. The molecular weight excluding hydrogens is 266 g/mol. The van der Waals surface area contributed by atoms with Gasteiger partial charge in [0.15, 0.2) is 0 Å². The number of carbonyl (C=O) groups excluding carboxylic acids is 1. The van der Waals surface area contributed by atoms with Crippen LogP contribution < -0.4 is 0 Å². The maximum absolute atomic E-state index is 12.4. The summed E-state index contributed by atoms with van der Waals surface area (Å²) in [5.41, 5.74) is 2.62. The number of piperidine rings is 1. The first-order chi connectivity index (χ1) is 9.74. The molecule has 0 N–H and O–H groups in total. The van der Waals surface area contributed by atoms with Crippen molar-refractivity contribution in [3.05, 3.63) is 48.0 Å². The minimum atomic E-state index is 0.325. The Morgan fingerprint density at radius 1 is 1.20 bits per heavy atom. The van der Waals surface area contributed by atoms with E-state index in [2.05, 4.69) is 23.6 Å². The molecule has 1 aromatic carbocycles. The van der Waals surface area contributed by atoms with Crippen LogP contribution in [0.2, 0.25) is 0 Å². The fourth-order valence-corrected chi connectivity index (χ4v) is 4.28. The van der Waals surface area contributed by atoms with E-state index in [1.807, 2.05) is 18.2 Å². The summed E-state index contributed by atoms with van der Waals surface area (Å²) in [6, 6.07) is 11.2. The topological polar surface area (TPSA) is 20.3 Å². The number of benzene rings is 1. The van der Waals surface area contributed by atoms with Crippen molar-refractivity contribution < 1.29 is 4.79 Å². The third kappa shape index (κ3) is 2.93. The molecule has 0 aliphatic carbocycles. The quantitative estimate of drug-likeness (QED) is 0.788. The average Bonchev–Trinajstić information content (AvgIpc) is 2.72. The molecular formula is C17H21NOS. The second kappa shape index (κ2) is 6.04. The Hall–Kier alpha value is -1.22. The van der Waals surface area contributed by atoms with Gasteiger partial charge in [0.25, 0.3) is 0 Å². The van der Waals surface area contributed by atoms with Gasteiger partial charge in [0.1, 0.15) is 0 Å². The van der Waals surface area contributed by atoms with Gasteiger partial charge < -0.3 is 4.90 Å². The van der Waals surface area contributed by atoms with Crippen LogP contribution in [0.4, 0.5) is 0 Å². The molecule has 2 atom stereocenters. The summed E-state index contributed by atoms with van der Waals surface area (Å²) >= 11 is 1.73. The third-order valence-electron chi connectivity index (χ3n) is 4.29. The predicted octanol–water partition coefficient (Wildman–Crippen LogP) is 3.63. The predicted molar refractivity (Wildman–Crippen MR) is 84.6 cm³/mol. The second-order valence-corrected chi connectivity index (χ2v) is 6.81. The van der Waals surface area contributed by atoms with Crippen molar-refractivity contribution in [2.45, 2.75) is 43.5 Å². The maximum Gasteiger partial charge on any atom is 0.233 e. The molecule has 2 aliphatic rings. The highest BCUT2D eigenvalue weighted by Gasteiger charge is 2.40. The molecule has 1 amide bonds. The number of fused-ring (bicyclic) bond motifs is 2. The van der Waals surface area contributed by atoms with Gasteiger partial charge in [-0.2, -0.15) is 0 Å². The number of carbonyl (C=O) groups is 1. The molecule has 20 heavy (non-hydrogen) atoms. The van der Waals surface area contributed by atoms with Crippen molar-refractivity contribution in [1.82, 2.24) is 4.90 Å². The van der Waals surface area contributed by atoms with E-state index >= 15 is 0 Å². The second-order valence-electron chi connectivity index (χ2n) is 5.82. The van der Waals surface area contributed by atoms with E-state index in [1.165, 1.54) is 24.0 Å². The van der Waals surface area contributed by atoms with Crippen molar-refractivity contribution in [1.29, 1.82) is 0 Å². The number of thioether (sulfide) groups is 1. The zero-order chi connectivity index (χ0) is 13.9. The van der Waals surface area contributed by atoms with Crippen molar-refractivity contribution in [3.8, 4) is 0 Å². The van der Waals surface area contributed by atoms with Gasteiger partial charge in [-0.15, -0.1) is 11.8 Å². The van der Waals surface area contributed by atoms with Gasteiger partial charge in [0.2, 0.25) is 5.91 Å². The largest absolute Gasteiger partial charge is 0.335 e. The van der Waals surface area contributed by atoms with Crippen LogP contribution in [0.5, 0.6) is 0 Å². The lowest BCUT2D eigenvalue weighted by molar-refractivity contribution is -0.131. The molecule has 3 heteroatoms. The SMILES string of the molecule is C=C1CC2CCC(C1)N2C(=O)CSCc1ccccc1. The van der Waals surface area contributed by atoms with Crippen LogP contribution in [0, 0.1) is 0 Å². The standard InChI is InChI=1S/C17H21NOS/c1-13-9-15-7-8-16(10-13)18(15)17(19)12-20-11-14-5-3-2-4-6-14/h2-6,15-16H,1,7-12H2. The summed E-state index contributed by atoms with van der Waals surface area (Å²) in [6.07, 6.45) is 4.37. The molecule has 0 saturated carbocycles. The molecule has 0 aromatic heterocycles. The first-order valence-electron chi connectivity index (χ1n) is 7.33. The summed E-state index contributed by atoms with van der Waals surface area (Å²) in [7, 11) is 0. The van der Waals surface area contributed by atoms with Gasteiger partial charge in [-0.05, 0) is 31.2 Å². The van der Waals surface area contributed by atoms with Crippen LogP contribution in [0.25, 0.3) is 0 Å². The lowest BCUT2D eigenvalue weighted by atomic mass is 9.98. The molecule has 2 unspecified atom stereocenters. The average molecular weight is 287 g/mol. The first kappa shape index (κ1) is 13.7. The number of rotatable bonds is 4. The Kier molecular flexibility index (Phi) is 4.16. The fourth-order valence-electron chi connectivity index (χ4n) is 3.42. The highest BCUT2D eigenvalue weighted by atomic mass is 32.2. The molecule has 0 radical (unpaired) electrons. The molecule has 2 bridgehead atoms. The summed E-state index contributed by atoms with van der Waals surface area (Å²) in [6.45, 7) is 4.11. The summed E-state index contributed by atoms with van der Waals surface area (Å²) in [5, 5.41) is 0. The molecule has 3 rings (SSSR count). The van der Waals surface area contributed by atoms with Crippen molar-refractivity contribution >= 4 is 17.7 Å². The molecule has 2 aliphatic heterocycles. The van der Waals surface area contributed by atoms with Gasteiger partial charge in [-0.25, -0.2) is 0 Å². The van der Waals surface area contributed by atoms with Gasteiger partial charge in [0.05, 0.1) is 5.75 Å². The van der Waals surface area contributed by atoms with E-state index in [0.29, 0.717) is 23.7 Å². The zero-order valence-corrected chi connectivity index (χ0v) is 12.6. The molecule has 2 heterocycles. The van der Waals surface area contributed by atoms with Crippen LogP contribution in [-0.2, 0) is 10.5 Å². The minimum Gasteiger partial charge on any atom is -0.335 e. The van der Waals surface area contributed by atoms with E-state index in [1.54, 1.807) is 11.8 Å². The summed E-state index contributed by atoms with van der Waals surface area (Å²) in [5.74, 6) is 1.85. The normalized spacial score (nSPS) is 25.0. The van der Waals surface area contributed by atoms with Crippen LogP contribution in [0.15, 0.2) is 42.5 Å². The van der Waals surface area contributed by atoms with Crippen LogP contribution in [0.1, 0.15) is 31.2 Å². The highest BCUT2D eigenvalue weighted by Crippen LogP contribution is 2.38. The minimum absolute atomic E-state index is 0.325. The highest BCUT2D eigenvalue weighted by molar-refractivity contribution is 7.99. The van der Waals surface area contributed by atoms with Crippen molar-refractivity contribution in [2.24, 2.45) is 0 Å². The monoisotopic (exact) mass is 287 g/mol. The van der Waals surface area contributed by atoms with Gasteiger partial charge in [-0.3, -0.25) is 4.79 Å². The smallest absolute Gasteiger partial charge is 0.233 e. The van der Waals surface area contributed by atoms with Crippen molar-refractivity contribution in [3.63, 3.8) is 0 Å². The molecule has 0 spiro atoms. The number of amides is 1. The van der Waals surface area contributed by atoms with Gasteiger partial charge in [-0.1, -0.05) is 42.5 Å². The number of hydrogen-bond acceptors (Lipinski definition) is 2. The van der Waals surface area contributed by atoms with E-state index in [9.17, 15) is 4.79 Å². The Labute approximate surface area is 125 Å². The van der Waals surface area contributed by atoms with Gasteiger partial charge >= 0.3 is 0 Å². The molecule has 2 nitrogen and oxygen atoms in total. The van der Waals surface area contributed by atoms with E-state index in [0.717, 1.165) is 18.6 Å². The van der Waals surface area contributed by atoms with Crippen LogP contribution >= 0.6 is 11.8 Å². The first-order valence-corrected chi connectivity index (χ1v) is 8.49. The van der Waals surface area contributed by atoms with Crippen molar-refractivity contribution in [2.75, 3.05) is 5.75 Å². The molecule has 1 aromatic rings. The van der Waals surface area contributed by atoms with E-state index < -0.39 is 0 Å². The van der Waals surface area contributed by atoms with Crippen LogP contribution in [-0.4, -0.2) is 28.6 Å².